The average Bonchev–Trinajstić information content (AvgIpc) is 2.16. The van der Waals surface area contributed by atoms with E-state index in [-0.39, 0.29) is 12.5 Å². The quantitative estimate of drug-likeness (QED) is 0.844. The fourth-order valence-corrected chi connectivity index (χ4v) is 1.72. The lowest BCUT2D eigenvalue weighted by Gasteiger charge is -2.21. The molecule has 0 fully saturated rings. The number of benzene rings is 1. The minimum Gasteiger partial charge on any atom is -0.368 e. The van der Waals surface area contributed by atoms with Gasteiger partial charge in [0.2, 0.25) is 5.91 Å². The number of likely N-dealkylation sites (N-methyl/N-ethyl adjacent to an activating group) is 1. The Bertz CT molecular complexity index is 386. The Hall–Kier alpha value is -1.51. The molecule has 0 aliphatic heterocycles. The summed E-state index contributed by atoms with van der Waals surface area (Å²) in [7, 11) is 1.89. The van der Waals surface area contributed by atoms with Crippen LogP contribution in [-0.4, -0.2) is 19.5 Å². The maximum Gasteiger partial charge on any atom is 0.236 e. The summed E-state index contributed by atoms with van der Waals surface area (Å²) in [5.41, 5.74) is 8.71. The standard InChI is InChI=1S/C13H20N2O/c1-9(2)11-6-5-10(3)12(7-11)15(4)8-13(14)16/h5-7,9H,8H2,1-4H3,(H2,14,16). The van der Waals surface area contributed by atoms with Crippen LogP contribution in [0.25, 0.3) is 0 Å². The zero-order chi connectivity index (χ0) is 12.3. The van der Waals surface area contributed by atoms with E-state index in [2.05, 4.69) is 32.0 Å². The summed E-state index contributed by atoms with van der Waals surface area (Å²) >= 11 is 0. The maximum atomic E-state index is 10.9. The molecular formula is C13H20N2O. The molecule has 3 nitrogen and oxygen atoms in total. The van der Waals surface area contributed by atoms with Crippen LogP contribution in [0, 0.1) is 6.92 Å². The molecular weight excluding hydrogens is 200 g/mol. The van der Waals surface area contributed by atoms with Crippen LogP contribution in [0.5, 0.6) is 0 Å². The Morgan fingerprint density at radius 3 is 2.56 bits per heavy atom. The Kier molecular flexibility index (Phi) is 3.93. The van der Waals surface area contributed by atoms with Gasteiger partial charge >= 0.3 is 0 Å². The first-order chi connectivity index (χ1) is 7.41. The van der Waals surface area contributed by atoms with E-state index in [0.29, 0.717) is 5.92 Å². The fraction of sp³-hybridized carbons (Fsp3) is 0.462. The van der Waals surface area contributed by atoms with Crippen molar-refractivity contribution in [1.82, 2.24) is 0 Å². The van der Waals surface area contributed by atoms with Gasteiger partial charge in [0.05, 0.1) is 6.54 Å². The highest BCUT2D eigenvalue weighted by atomic mass is 16.1. The largest absolute Gasteiger partial charge is 0.368 e. The molecule has 16 heavy (non-hydrogen) atoms. The SMILES string of the molecule is Cc1ccc(C(C)C)cc1N(C)CC(N)=O. The van der Waals surface area contributed by atoms with Gasteiger partial charge in [0.25, 0.3) is 0 Å². The van der Waals surface area contributed by atoms with Crippen LogP contribution in [0.1, 0.15) is 30.9 Å². The number of aryl methyl sites for hydroxylation is 1. The number of carbonyl (C=O) groups is 1. The Balaban J connectivity index is 3.01. The van der Waals surface area contributed by atoms with Gasteiger partial charge in [-0.3, -0.25) is 4.79 Å². The fourth-order valence-electron chi connectivity index (χ4n) is 1.72. The molecule has 0 radical (unpaired) electrons. The molecule has 0 spiro atoms. The molecule has 88 valence electrons. The highest BCUT2D eigenvalue weighted by molar-refractivity contribution is 5.79. The monoisotopic (exact) mass is 220 g/mol. The lowest BCUT2D eigenvalue weighted by molar-refractivity contribution is -0.116. The lowest BCUT2D eigenvalue weighted by atomic mass is 10.0. The van der Waals surface area contributed by atoms with Gasteiger partial charge in [-0.1, -0.05) is 26.0 Å². The minimum absolute atomic E-state index is 0.252. The van der Waals surface area contributed by atoms with Crippen molar-refractivity contribution in [3.05, 3.63) is 29.3 Å². The summed E-state index contributed by atoms with van der Waals surface area (Å²) in [5, 5.41) is 0. The number of anilines is 1. The number of amides is 1. The van der Waals surface area contributed by atoms with Gasteiger partial charge in [0, 0.05) is 12.7 Å². The second kappa shape index (κ2) is 5.01. The number of hydrogen-bond acceptors (Lipinski definition) is 2. The van der Waals surface area contributed by atoms with Crippen molar-refractivity contribution < 1.29 is 4.79 Å². The normalized spacial score (nSPS) is 10.6. The smallest absolute Gasteiger partial charge is 0.236 e. The van der Waals surface area contributed by atoms with E-state index in [0.717, 1.165) is 11.3 Å². The number of carbonyl (C=O) groups excluding carboxylic acids is 1. The molecule has 0 unspecified atom stereocenters. The Morgan fingerprint density at radius 2 is 2.06 bits per heavy atom. The third-order valence-electron chi connectivity index (χ3n) is 2.70. The molecule has 0 bridgehead atoms. The van der Waals surface area contributed by atoms with Crippen molar-refractivity contribution in [1.29, 1.82) is 0 Å². The predicted octanol–water partition coefficient (Wildman–Crippen LogP) is 2.04. The van der Waals surface area contributed by atoms with Crippen LogP contribution < -0.4 is 10.6 Å². The van der Waals surface area contributed by atoms with E-state index in [1.165, 1.54) is 5.56 Å². The molecule has 0 atom stereocenters. The second-order valence-corrected chi connectivity index (χ2v) is 4.52. The minimum atomic E-state index is -0.308. The Labute approximate surface area is 97.2 Å². The number of hydrogen-bond donors (Lipinski definition) is 1. The summed E-state index contributed by atoms with van der Waals surface area (Å²) in [6, 6.07) is 6.34. The van der Waals surface area contributed by atoms with Gasteiger partial charge in [-0.2, -0.15) is 0 Å². The van der Waals surface area contributed by atoms with Crippen molar-refractivity contribution >= 4 is 11.6 Å². The predicted molar refractivity (Wildman–Crippen MR) is 67.7 cm³/mol. The van der Waals surface area contributed by atoms with Gasteiger partial charge in [-0.05, 0) is 30.0 Å². The second-order valence-electron chi connectivity index (χ2n) is 4.52. The van der Waals surface area contributed by atoms with Crippen LogP contribution in [0.3, 0.4) is 0 Å². The van der Waals surface area contributed by atoms with Gasteiger partial charge in [-0.15, -0.1) is 0 Å². The van der Waals surface area contributed by atoms with Gasteiger partial charge in [-0.25, -0.2) is 0 Å². The summed E-state index contributed by atoms with van der Waals surface area (Å²) in [6.45, 7) is 6.60. The molecule has 3 heteroatoms. The van der Waals surface area contributed by atoms with Gasteiger partial charge in [0.15, 0.2) is 0 Å². The van der Waals surface area contributed by atoms with Gasteiger partial charge in [0.1, 0.15) is 0 Å². The van der Waals surface area contributed by atoms with E-state index < -0.39 is 0 Å². The number of nitrogens with zero attached hydrogens (tertiary/aromatic N) is 1. The molecule has 1 aromatic rings. The van der Waals surface area contributed by atoms with Crippen molar-refractivity contribution in [2.45, 2.75) is 26.7 Å². The third kappa shape index (κ3) is 2.99. The average molecular weight is 220 g/mol. The summed E-state index contributed by atoms with van der Waals surface area (Å²) in [6.07, 6.45) is 0. The highest BCUT2D eigenvalue weighted by Crippen LogP contribution is 2.24. The third-order valence-corrected chi connectivity index (χ3v) is 2.70. The Morgan fingerprint density at radius 1 is 1.44 bits per heavy atom. The molecule has 1 aromatic carbocycles. The lowest BCUT2D eigenvalue weighted by Crippen LogP contribution is -2.31. The first-order valence-electron chi connectivity index (χ1n) is 5.51. The van der Waals surface area contributed by atoms with E-state index in [1.54, 1.807) is 0 Å². The molecule has 1 amide bonds. The number of nitrogens with two attached hydrogens (primary N) is 1. The van der Waals surface area contributed by atoms with Gasteiger partial charge < -0.3 is 10.6 Å². The molecule has 0 aliphatic rings. The van der Waals surface area contributed by atoms with E-state index in [4.69, 9.17) is 5.73 Å². The van der Waals surface area contributed by atoms with E-state index >= 15 is 0 Å². The van der Waals surface area contributed by atoms with Crippen molar-refractivity contribution in [3.8, 4) is 0 Å². The van der Waals surface area contributed by atoms with Crippen LogP contribution in [0.4, 0.5) is 5.69 Å². The highest BCUT2D eigenvalue weighted by Gasteiger charge is 2.09. The van der Waals surface area contributed by atoms with Crippen LogP contribution in [-0.2, 0) is 4.79 Å². The first kappa shape index (κ1) is 12.6. The van der Waals surface area contributed by atoms with Crippen molar-refractivity contribution in [2.75, 3.05) is 18.5 Å². The van der Waals surface area contributed by atoms with Crippen molar-refractivity contribution in [2.24, 2.45) is 5.73 Å². The zero-order valence-electron chi connectivity index (χ0n) is 10.4. The van der Waals surface area contributed by atoms with Crippen molar-refractivity contribution in [3.63, 3.8) is 0 Å². The summed E-state index contributed by atoms with van der Waals surface area (Å²) in [4.78, 5) is 12.8. The van der Waals surface area contributed by atoms with E-state index in [9.17, 15) is 4.79 Å². The molecule has 0 aliphatic carbocycles. The van der Waals surface area contributed by atoms with Crippen LogP contribution in [0.15, 0.2) is 18.2 Å². The first-order valence-corrected chi connectivity index (χ1v) is 5.51. The van der Waals surface area contributed by atoms with Crippen LogP contribution in [0.2, 0.25) is 0 Å². The van der Waals surface area contributed by atoms with Crippen LogP contribution >= 0.6 is 0 Å². The molecule has 0 saturated heterocycles. The van der Waals surface area contributed by atoms with E-state index in [1.807, 2.05) is 18.9 Å². The maximum absolute atomic E-state index is 10.9. The summed E-state index contributed by atoms with van der Waals surface area (Å²) < 4.78 is 0. The molecule has 0 aromatic heterocycles. The topological polar surface area (TPSA) is 46.3 Å². The molecule has 0 saturated carbocycles. The molecule has 0 heterocycles. The summed E-state index contributed by atoms with van der Waals surface area (Å²) in [5.74, 6) is 0.179. The number of primary amides is 1. The molecule has 1 rings (SSSR count). The number of rotatable bonds is 4. The zero-order valence-corrected chi connectivity index (χ0v) is 10.4. The molecule has 2 N–H and O–H groups in total.